The number of aryl methyl sites for hydroxylation is 1. The molecule has 1 unspecified atom stereocenters. The molecule has 2 aliphatic carbocycles. The highest BCUT2D eigenvalue weighted by Crippen LogP contribution is 2.37. The second-order valence-electron chi connectivity index (χ2n) is 12.3. The van der Waals surface area contributed by atoms with Gasteiger partial charge in [0, 0.05) is 25.3 Å². The molecule has 2 aliphatic rings. The number of rotatable bonds is 8. The molecule has 2 amide bonds. The van der Waals surface area contributed by atoms with Crippen LogP contribution in [-0.4, -0.2) is 44.9 Å². The fourth-order valence-electron chi connectivity index (χ4n) is 4.42. The Kier molecular flexibility index (Phi) is 10.3. The average molecular weight is 599 g/mol. The summed E-state index contributed by atoms with van der Waals surface area (Å²) in [6.07, 6.45) is 3.93. The molecule has 5 nitrogen and oxygen atoms in total. The van der Waals surface area contributed by atoms with Gasteiger partial charge in [-0.15, -0.1) is 11.6 Å². The Balaban J connectivity index is 1.74. The van der Waals surface area contributed by atoms with E-state index in [9.17, 15) is 18.0 Å². The molecule has 40 heavy (non-hydrogen) atoms. The van der Waals surface area contributed by atoms with Gasteiger partial charge in [-0.1, -0.05) is 33.4 Å². The molecule has 10 heteroatoms. The van der Waals surface area contributed by atoms with Gasteiger partial charge in [0.25, 0.3) is 0 Å². The second kappa shape index (κ2) is 12.7. The van der Waals surface area contributed by atoms with Crippen molar-refractivity contribution >= 4 is 37.2 Å². The molecular weight excluding hydrogens is 557 g/mol. The molecule has 0 heterocycles. The first-order valence-corrected chi connectivity index (χ1v) is 17.1. The number of hydrogen-bond donors (Lipinski definition) is 2. The van der Waals surface area contributed by atoms with Crippen molar-refractivity contribution in [2.24, 2.45) is 0 Å². The molecule has 1 aromatic carbocycles. The summed E-state index contributed by atoms with van der Waals surface area (Å²) in [5.74, 6) is -2.63. The minimum absolute atomic E-state index is 0.0204. The number of ether oxygens (including phenoxy) is 1. The van der Waals surface area contributed by atoms with Gasteiger partial charge in [-0.05, 0) is 78.4 Å². The minimum atomic E-state index is -2.70. The van der Waals surface area contributed by atoms with Crippen molar-refractivity contribution in [3.05, 3.63) is 59.1 Å². The van der Waals surface area contributed by atoms with Crippen LogP contribution >= 0.6 is 11.6 Å². The van der Waals surface area contributed by atoms with E-state index in [1.807, 2.05) is 12.2 Å². The molecule has 0 bridgehead atoms. The molecular formula is C30H42ClF3N2O3Si. The highest BCUT2D eigenvalue weighted by molar-refractivity contribution is 6.74. The van der Waals surface area contributed by atoms with Crippen molar-refractivity contribution in [3.8, 4) is 0 Å². The fraction of sp³-hybridized carbons (Fsp3) is 0.567. The van der Waals surface area contributed by atoms with Crippen LogP contribution in [0.15, 0.2) is 42.2 Å². The standard InChI is InChI=1S/C30H42ClF3N2O3Si/c1-19-15-26(32)27(36-28(37)35-22-8-10-30(33,34)11-9-22)18-24(19)21-16-23(14-20(2)25(31)17-21)38-12-13-39-40(6,7)29(3,4)5/h15-18,22,25H,2,8-14H2,1,3-7H3,(H2,35,36,37). The number of carbonyl (C=O) groups is 1. The fourth-order valence-corrected chi connectivity index (χ4v) is 5.66. The number of alkyl halides is 3. The van der Waals surface area contributed by atoms with Crippen LogP contribution in [0.5, 0.6) is 0 Å². The molecule has 222 valence electrons. The first-order chi connectivity index (χ1) is 18.5. The van der Waals surface area contributed by atoms with E-state index in [0.29, 0.717) is 36.5 Å². The lowest BCUT2D eigenvalue weighted by molar-refractivity contribution is -0.0394. The van der Waals surface area contributed by atoms with Crippen molar-refractivity contribution in [2.45, 2.75) is 95.3 Å². The molecule has 0 aromatic heterocycles. The molecule has 1 atom stereocenters. The molecule has 0 spiro atoms. The second-order valence-corrected chi connectivity index (χ2v) is 17.6. The highest BCUT2D eigenvalue weighted by atomic mass is 35.5. The van der Waals surface area contributed by atoms with Crippen LogP contribution in [0.2, 0.25) is 18.1 Å². The first-order valence-electron chi connectivity index (χ1n) is 13.7. The third-order valence-corrected chi connectivity index (χ3v) is 13.0. The molecule has 0 aliphatic heterocycles. The number of benzene rings is 1. The third kappa shape index (κ3) is 8.63. The predicted molar refractivity (Wildman–Crippen MR) is 159 cm³/mol. The van der Waals surface area contributed by atoms with E-state index < -0.39 is 31.5 Å². The summed E-state index contributed by atoms with van der Waals surface area (Å²) in [5, 5.41) is 4.86. The normalized spacial score (nSPS) is 20.4. The quantitative estimate of drug-likeness (QED) is 0.136. The van der Waals surface area contributed by atoms with Gasteiger partial charge in [0.15, 0.2) is 8.32 Å². The Morgan fingerprint density at radius 1 is 1.20 bits per heavy atom. The number of anilines is 1. The van der Waals surface area contributed by atoms with Gasteiger partial charge in [-0.25, -0.2) is 18.0 Å². The molecule has 0 saturated heterocycles. The molecule has 0 radical (unpaired) electrons. The van der Waals surface area contributed by atoms with Crippen LogP contribution in [0.1, 0.15) is 64.0 Å². The third-order valence-electron chi connectivity index (χ3n) is 8.00. The molecule has 1 aromatic rings. The number of hydrogen-bond acceptors (Lipinski definition) is 3. The highest BCUT2D eigenvalue weighted by Gasteiger charge is 2.37. The molecule has 2 N–H and O–H groups in total. The summed E-state index contributed by atoms with van der Waals surface area (Å²) in [5.41, 5.74) is 2.79. The number of urea groups is 1. The van der Waals surface area contributed by atoms with Gasteiger partial charge >= 0.3 is 6.03 Å². The van der Waals surface area contributed by atoms with Crippen LogP contribution in [0, 0.1) is 12.7 Å². The van der Waals surface area contributed by atoms with Gasteiger partial charge in [0.05, 0.1) is 17.7 Å². The summed E-state index contributed by atoms with van der Waals surface area (Å²) in [7, 11) is -1.90. The maximum Gasteiger partial charge on any atom is 0.319 e. The summed E-state index contributed by atoms with van der Waals surface area (Å²) in [4.78, 5) is 12.6. The van der Waals surface area contributed by atoms with Crippen LogP contribution in [0.25, 0.3) is 5.57 Å². The first kappa shape index (κ1) is 32.3. The Morgan fingerprint density at radius 2 is 1.85 bits per heavy atom. The lowest BCUT2D eigenvalue weighted by Crippen LogP contribution is -2.42. The van der Waals surface area contributed by atoms with Crippen molar-refractivity contribution in [1.29, 1.82) is 0 Å². The zero-order valence-electron chi connectivity index (χ0n) is 24.4. The Morgan fingerprint density at radius 3 is 2.48 bits per heavy atom. The van der Waals surface area contributed by atoms with E-state index in [1.54, 1.807) is 13.0 Å². The van der Waals surface area contributed by atoms with E-state index in [4.69, 9.17) is 20.8 Å². The van der Waals surface area contributed by atoms with Crippen molar-refractivity contribution in [1.82, 2.24) is 5.32 Å². The number of allylic oxidation sites excluding steroid dienone is 4. The molecule has 3 rings (SSSR count). The SMILES string of the molecule is C=C1CC(OCCO[Si](C)(C)C(C)(C)C)=CC(c2cc(NC(=O)NC3CCC(F)(F)CC3)c(F)cc2C)=CC1Cl. The van der Waals surface area contributed by atoms with E-state index in [1.165, 1.54) is 6.07 Å². The topological polar surface area (TPSA) is 59.6 Å². The van der Waals surface area contributed by atoms with E-state index in [0.717, 1.165) is 11.1 Å². The van der Waals surface area contributed by atoms with E-state index in [-0.39, 0.29) is 42.5 Å². The average Bonchev–Trinajstić information content (AvgIpc) is 2.97. The van der Waals surface area contributed by atoms with Gasteiger partial charge in [0.1, 0.15) is 18.2 Å². The molecule has 1 fully saturated rings. The summed E-state index contributed by atoms with van der Waals surface area (Å²) < 4.78 is 54.1. The predicted octanol–water partition coefficient (Wildman–Crippen LogP) is 8.71. The van der Waals surface area contributed by atoms with Crippen molar-refractivity contribution in [2.75, 3.05) is 18.5 Å². The summed E-state index contributed by atoms with van der Waals surface area (Å²) in [6, 6.07) is 1.88. The van der Waals surface area contributed by atoms with Crippen LogP contribution in [-0.2, 0) is 9.16 Å². The maximum absolute atomic E-state index is 14.9. The van der Waals surface area contributed by atoms with Crippen LogP contribution in [0.4, 0.5) is 23.7 Å². The lowest BCUT2D eigenvalue weighted by atomic mass is 9.92. The smallest absolute Gasteiger partial charge is 0.319 e. The van der Waals surface area contributed by atoms with Gasteiger partial charge in [-0.3, -0.25) is 0 Å². The number of nitrogens with one attached hydrogen (secondary N) is 2. The van der Waals surface area contributed by atoms with Crippen LogP contribution < -0.4 is 10.6 Å². The lowest BCUT2D eigenvalue weighted by Gasteiger charge is -2.36. The Labute approximate surface area is 242 Å². The van der Waals surface area contributed by atoms with Crippen molar-refractivity contribution in [3.63, 3.8) is 0 Å². The monoisotopic (exact) mass is 598 g/mol. The van der Waals surface area contributed by atoms with E-state index >= 15 is 0 Å². The maximum atomic E-state index is 14.9. The number of amides is 2. The minimum Gasteiger partial charge on any atom is -0.495 e. The van der Waals surface area contributed by atoms with Gasteiger partial charge in [0.2, 0.25) is 5.92 Å². The van der Waals surface area contributed by atoms with Crippen molar-refractivity contribution < 1.29 is 27.1 Å². The summed E-state index contributed by atoms with van der Waals surface area (Å²) >= 11 is 6.60. The molecule has 1 saturated carbocycles. The Bertz CT molecular complexity index is 1170. The van der Waals surface area contributed by atoms with Gasteiger partial charge < -0.3 is 19.8 Å². The van der Waals surface area contributed by atoms with Crippen LogP contribution in [0.3, 0.4) is 0 Å². The largest absolute Gasteiger partial charge is 0.495 e. The zero-order valence-corrected chi connectivity index (χ0v) is 26.1. The van der Waals surface area contributed by atoms with Gasteiger partial charge in [-0.2, -0.15) is 0 Å². The number of halogens is 4. The zero-order chi connectivity index (χ0) is 29.9. The Hall–Kier alpha value is -2.23. The van der Waals surface area contributed by atoms with E-state index in [2.05, 4.69) is 51.1 Å². The number of carbonyl (C=O) groups excluding carboxylic acids is 1. The summed E-state index contributed by atoms with van der Waals surface area (Å²) in [6.45, 7) is 17.6.